The van der Waals surface area contributed by atoms with Crippen molar-refractivity contribution in [3.8, 4) is 0 Å². The zero-order valence-electron chi connectivity index (χ0n) is 24.7. The van der Waals surface area contributed by atoms with Crippen molar-refractivity contribution >= 4 is 34.2 Å². The van der Waals surface area contributed by atoms with Crippen LogP contribution in [-0.2, 0) is 4.79 Å². The van der Waals surface area contributed by atoms with E-state index < -0.39 is 0 Å². The molecule has 0 bridgehead atoms. The lowest BCUT2D eigenvalue weighted by atomic mass is 9.99. The molecule has 0 spiro atoms. The predicted molar refractivity (Wildman–Crippen MR) is 170 cm³/mol. The molecule has 3 rings (SSSR count). The van der Waals surface area contributed by atoms with Crippen molar-refractivity contribution in [2.24, 2.45) is 4.99 Å². The first kappa shape index (κ1) is 33.7. The molecule has 0 aromatic heterocycles. The van der Waals surface area contributed by atoms with E-state index in [1.807, 2.05) is 58.3 Å². The minimum absolute atomic E-state index is 0.0382. The lowest BCUT2D eigenvalue weighted by molar-refractivity contribution is -0.112. The number of rotatable bonds is 19. The summed E-state index contributed by atoms with van der Waals surface area (Å²) in [6.45, 7) is 6.36. The van der Waals surface area contributed by atoms with Gasteiger partial charge in [0.05, 0.1) is 37.8 Å². The van der Waals surface area contributed by atoms with E-state index >= 15 is 0 Å². The molecule has 234 valence electrons. The van der Waals surface area contributed by atoms with E-state index in [1.54, 1.807) is 6.92 Å². The Morgan fingerprint density at radius 2 is 1.12 bits per heavy atom. The van der Waals surface area contributed by atoms with Crippen LogP contribution in [0, 0.1) is 0 Å². The van der Waals surface area contributed by atoms with Gasteiger partial charge in [0.2, 0.25) is 5.78 Å². The Hall–Kier alpha value is -3.78. The van der Waals surface area contributed by atoms with Crippen molar-refractivity contribution < 1.29 is 30.3 Å². The summed E-state index contributed by atoms with van der Waals surface area (Å²) in [5, 5.41) is 57.0. The molecule has 0 radical (unpaired) electrons. The molecule has 1 aliphatic rings. The Morgan fingerprint density at radius 3 is 1.58 bits per heavy atom. The maximum Gasteiger partial charge on any atom is 0.208 e. The second kappa shape index (κ2) is 18.0. The summed E-state index contributed by atoms with van der Waals surface area (Å²) in [5.74, 6) is -0.482. The largest absolute Gasteiger partial charge is 0.505 e. The quantitative estimate of drug-likeness (QED) is 0.111. The smallest absolute Gasteiger partial charge is 0.208 e. The van der Waals surface area contributed by atoms with Crippen LogP contribution < -0.4 is 16.0 Å². The SMILES string of the molecule is CC1=C(O)/C(=N/c2ccc(NCCN(CCO)CCO)cc2)C=C(Nc2ccc(NCCN(CCO)CCO)cc2)C1=O. The molecule has 0 aliphatic heterocycles. The number of aliphatic hydroxyl groups excluding tert-OH is 5. The Kier molecular flexibility index (Phi) is 14.1. The number of carbonyl (C=O) groups is 1. The van der Waals surface area contributed by atoms with E-state index in [4.69, 9.17) is 20.4 Å². The number of carbonyl (C=O) groups excluding carboxylic acids is 1. The molecule has 43 heavy (non-hydrogen) atoms. The standard InChI is InChI=1S/C31H44N6O6/c1-23-30(42)28(34-26-6-2-24(3-7-26)32-10-12-36(14-18-38)15-19-39)22-29(31(23)43)35-27-8-4-25(5-9-27)33-11-13-37(16-20-40)17-21-41/h2-9,22,32-34,38-41,43H,10-21H2,1H3/b35-29+. The summed E-state index contributed by atoms with van der Waals surface area (Å²) in [7, 11) is 0. The third-order valence-corrected chi connectivity index (χ3v) is 6.92. The number of anilines is 3. The van der Waals surface area contributed by atoms with Crippen LogP contribution in [-0.4, -0.2) is 126 Å². The van der Waals surface area contributed by atoms with Gasteiger partial charge in [0.1, 0.15) is 11.5 Å². The third-order valence-electron chi connectivity index (χ3n) is 6.92. The van der Waals surface area contributed by atoms with Crippen LogP contribution in [0.2, 0.25) is 0 Å². The highest BCUT2D eigenvalue weighted by Crippen LogP contribution is 2.24. The van der Waals surface area contributed by atoms with Crippen molar-refractivity contribution in [3.05, 3.63) is 71.6 Å². The van der Waals surface area contributed by atoms with Gasteiger partial charge in [-0.05, 0) is 61.5 Å². The molecule has 0 atom stereocenters. The predicted octanol–water partition coefficient (Wildman–Crippen LogP) is 1.57. The Morgan fingerprint density at radius 1 is 0.674 bits per heavy atom. The molecular formula is C31H44N6O6. The lowest BCUT2D eigenvalue weighted by Crippen LogP contribution is -2.34. The van der Waals surface area contributed by atoms with Gasteiger partial charge in [0.25, 0.3) is 0 Å². The Balaban J connectivity index is 1.61. The number of benzene rings is 2. The van der Waals surface area contributed by atoms with Crippen LogP contribution in [0.4, 0.5) is 22.7 Å². The second-order valence-corrected chi connectivity index (χ2v) is 10.0. The molecule has 0 saturated carbocycles. The number of ketones is 1. The summed E-state index contributed by atoms with van der Waals surface area (Å²) in [5.41, 5.74) is 3.86. The lowest BCUT2D eigenvalue weighted by Gasteiger charge is -2.20. The van der Waals surface area contributed by atoms with E-state index in [0.29, 0.717) is 69.4 Å². The van der Waals surface area contributed by atoms with Gasteiger partial charge < -0.3 is 41.5 Å². The zero-order valence-corrected chi connectivity index (χ0v) is 24.7. The molecular weight excluding hydrogens is 552 g/mol. The van der Waals surface area contributed by atoms with E-state index in [9.17, 15) is 9.90 Å². The minimum Gasteiger partial charge on any atom is -0.505 e. The Bertz CT molecular complexity index is 1230. The molecule has 0 heterocycles. The van der Waals surface area contributed by atoms with Crippen molar-refractivity contribution in [1.29, 1.82) is 0 Å². The first-order valence-corrected chi connectivity index (χ1v) is 14.5. The number of hydrogen-bond acceptors (Lipinski definition) is 12. The van der Waals surface area contributed by atoms with Gasteiger partial charge in [-0.25, -0.2) is 4.99 Å². The number of hydrogen-bond donors (Lipinski definition) is 8. The third kappa shape index (κ3) is 10.8. The molecule has 0 amide bonds. The highest BCUT2D eigenvalue weighted by atomic mass is 16.3. The summed E-state index contributed by atoms with van der Waals surface area (Å²) in [6.07, 6.45) is 1.54. The molecule has 0 unspecified atom stereocenters. The molecule has 12 nitrogen and oxygen atoms in total. The number of nitrogens with zero attached hydrogens (tertiary/aromatic N) is 3. The fourth-order valence-corrected chi connectivity index (χ4v) is 4.52. The van der Waals surface area contributed by atoms with Gasteiger partial charge in [-0.15, -0.1) is 0 Å². The van der Waals surface area contributed by atoms with Crippen LogP contribution in [0.1, 0.15) is 6.92 Å². The van der Waals surface area contributed by atoms with Crippen LogP contribution in [0.15, 0.2) is 76.6 Å². The first-order valence-electron chi connectivity index (χ1n) is 14.5. The minimum atomic E-state index is -0.317. The molecule has 0 saturated heterocycles. The second-order valence-electron chi connectivity index (χ2n) is 10.0. The van der Waals surface area contributed by atoms with Crippen LogP contribution in [0.5, 0.6) is 0 Å². The summed E-state index contributed by atoms with van der Waals surface area (Å²) >= 11 is 0. The molecule has 8 N–H and O–H groups in total. The Labute approximate surface area is 252 Å². The highest BCUT2D eigenvalue weighted by molar-refractivity contribution is 6.24. The van der Waals surface area contributed by atoms with Crippen molar-refractivity contribution in [1.82, 2.24) is 9.80 Å². The van der Waals surface area contributed by atoms with E-state index in [2.05, 4.69) is 20.9 Å². The normalized spacial score (nSPS) is 14.5. The van der Waals surface area contributed by atoms with Gasteiger partial charge in [-0.1, -0.05) is 0 Å². The number of allylic oxidation sites excluding steroid dienone is 2. The fraction of sp³-hybridized carbons (Fsp3) is 0.419. The van der Waals surface area contributed by atoms with E-state index in [0.717, 1.165) is 11.4 Å². The molecule has 0 fully saturated rings. The highest BCUT2D eigenvalue weighted by Gasteiger charge is 2.24. The monoisotopic (exact) mass is 596 g/mol. The van der Waals surface area contributed by atoms with Gasteiger partial charge in [-0.2, -0.15) is 0 Å². The van der Waals surface area contributed by atoms with Gasteiger partial charge in [-0.3, -0.25) is 14.6 Å². The average Bonchev–Trinajstić information content (AvgIpc) is 3.00. The van der Waals surface area contributed by atoms with Gasteiger partial charge in [0, 0.05) is 75.0 Å². The topological polar surface area (TPSA) is 173 Å². The molecule has 2 aromatic carbocycles. The van der Waals surface area contributed by atoms with E-state index in [1.165, 1.54) is 6.08 Å². The fourth-order valence-electron chi connectivity index (χ4n) is 4.52. The van der Waals surface area contributed by atoms with E-state index in [-0.39, 0.29) is 49.3 Å². The summed E-state index contributed by atoms with van der Waals surface area (Å²) in [6, 6.07) is 14.8. The summed E-state index contributed by atoms with van der Waals surface area (Å²) < 4.78 is 0. The number of aliphatic hydroxyl groups is 5. The number of Topliss-reactive ketones (excluding diaryl/α,β-unsaturated/α-hetero) is 1. The maximum absolute atomic E-state index is 12.9. The zero-order chi connectivity index (χ0) is 31.0. The van der Waals surface area contributed by atoms with Crippen molar-refractivity contribution in [3.63, 3.8) is 0 Å². The number of nitrogens with one attached hydrogen (secondary N) is 3. The van der Waals surface area contributed by atoms with Crippen LogP contribution >= 0.6 is 0 Å². The molecule has 2 aromatic rings. The van der Waals surface area contributed by atoms with Crippen molar-refractivity contribution in [2.75, 3.05) is 94.7 Å². The summed E-state index contributed by atoms with van der Waals surface area (Å²) in [4.78, 5) is 21.4. The van der Waals surface area contributed by atoms with Crippen LogP contribution in [0.25, 0.3) is 0 Å². The number of aliphatic imine (C=N–C) groups is 1. The first-order chi connectivity index (χ1) is 20.9. The van der Waals surface area contributed by atoms with Crippen molar-refractivity contribution in [2.45, 2.75) is 6.92 Å². The maximum atomic E-state index is 12.9. The molecule has 12 heteroatoms. The van der Waals surface area contributed by atoms with Gasteiger partial charge >= 0.3 is 0 Å². The molecule has 1 aliphatic carbocycles. The van der Waals surface area contributed by atoms with Gasteiger partial charge in [0.15, 0.2) is 0 Å². The average molecular weight is 597 g/mol. The van der Waals surface area contributed by atoms with Crippen LogP contribution in [0.3, 0.4) is 0 Å².